The van der Waals surface area contributed by atoms with E-state index in [-0.39, 0.29) is 5.69 Å². The van der Waals surface area contributed by atoms with Crippen LogP contribution in [0.1, 0.15) is 36.7 Å². The normalized spacial score (nSPS) is 20.8. The van der Waals surface area contributed by atoms with E-state index in [2.05, 4.69) is 21.8 Å². The van der Waals surface area contributed by atoms with E-state index >= 15 is 0 Å². The van der Waals surface area contributed by atoms with Crippen LogP contribution in [-0.2, 0) is 0 Å². The average molecular weight is 220 g/mol. The Morgan fingerprint density at radius 2 is 2.31 bits per heavy atom. The summed E-state index contributed by atoms with van der Waals surface area (Å²) in [7, 11) is 0. The number of carbonyl (C=O) groups is 1. The maximum absolute atomic E-state index is 11.0. The summed E-state index contributed by atoms with van der Waals surface area (Å²) < 4.78 is 0. The molecule has 1 fully saturated rings. The molecule has 2 N–H and O–H groups in total. The van der Waals surface area contributed by atoms with Crippen molar-refractivity contribution in [2.24, 2.45) is 5.73 Å². The number of hydrogen-bond donors (Lipinski definition) is 1. The summed E-state index contributed by atoms with van der Waals surface area (Å²) in [5.41, 5.74) is 5.42. The third kappa shape index (κ3) is 2.13. The first-order valence-electron chi connectivity index (χ1n) is 5.57. The van der Waals surface area contributed by atoms with Gasteiger partial charge >= 0.3 is 0 Å². The van der Waals surface area contributed by atoms with Crippen LogP contribution in [0.15, 0.2) is 12.4 Å². The van der Waals surface area contributed by atoms with Gasteiger partial charge in [-0.05, 0) is 26.2 Å². The molecule has 0 bridgehead atoms. The maximum Gasteiger partial charge on any atom is 0.268 e. The van der Waals surface area contributed by atoms with Gasteiger partial charge in [0.15, 0.2) is 0 Å². The zero-order chi connectivity index (χ0) is 11.5. The van der Waals surface area contributed by atoms with Gasteiger partial charge in [0.1, 0.15) is 11.5 Å². The lowest BCUT2D eigenvalue weighted by molar-refractivity contribution is 0.0995. The Labute approximate surface area is 94.7 Å². The maximum atomic E-state index is 11.0. The highest BCUT2D eigenvalue weighted by molar-refractivity contribution is 5.90. The number of anilines is 1. The molecule has 1 aliphatic heterocycles. The number of primary amides is 1. The molecule has 86 valence electrons. The van der Waals surface area contributed by atoms with Crippen LogP contribution in [0.5, 0.6) is 0 Å². The Bertz CT molecular complexity index is 393. The molecule has 0 radical (unpaired) electrons. The van der Waals surface area contributed by atoms with E-state index in [0.29, 0.717) is 6.04 Å². The van der Waals surface area contributed by atoms with Gasteiger partial charge in [-0.25, -0.2) is 4.98 Å². The van der Waals surface area contributed by atoms with Crippen molar-refractivity contribution >= 4 is 11.7 Å². The van der Waals surface area contributed by atoms with E-state index < -0.39 is 5.91 Å². The van der Waals surface area contributed by atoms with Crippen LogP contribution < -0.4 is 10.6 Å². The Morgan fingerprint density at radius 3 is 3.00 bits per heavy atom. The number of nitrogens with zero attached hydrogens (tertiary/aromatic N) is 3. The highest BCUT2D eigenvalue weighted by Crippen LogP contribution is 2.22. The Hall–Kier alpha value is -1.65. The van der Waals surface area contributed by atoms with Crippen LogP contribution in [0.2, 0.25) is 0 Å². The number of hydrogen-bond acceptors (Lipinski definition) is 4. The molecule has 1 aromatic rings. The molecule has 5 nitrogen and oxygen atoms in total. The third-order valence-corrected chi connectivity index (χ3v) is 2.97. The Balaban J connectivity index is 2.25. The second-order valence-corrected chi connectivity index (χ2v) is 4.16. The average Bonchev–Trinajstić information content (AvgIpc) is 2.30. The minimum atomic E-state index is -0.529. The number of amides is 1. The minimum absolute atomic E-state index is 0.232. The van der Waals surface area contributed by atoms with Gasteiger partial charge in [-0.3, -0.25) is 9.78 Å². The fourth-order valence-electron chi connectivity index (χ4n) is 2.05. The molecular formula is C11H16N4O. The molecule has 16 heavy (non-hydrogen) atoms. The van der Waals surface area contributed by atoms with E-state index in [9.17, 15) is 4.79 Å². The zero-order valence-electron chi connectivity index (χ0n) is 9.39. The zero-order valence-corrected chi connectivity index (χ0v) is 9.39. The van der Waals surface area contributed by atoms with Crippen LogP contribution in [0, 0.1) is 0 Å². The molecule has 5 heteroatoms. The topological polar surface area (TPSA) is 72.1 Å². The summed E-state index contributed by atoms with van der Waals surface area (Å²) in [6.45, 7) is 3.13. The molecule has 1 atom stereocenters. The Kier molecular flexibility index (Phi) is 3.03. The van der Waals surface area contributed by atoms with Crippen molar-refractivity contribution in [2.75, 3.05) is 11.4 Å². The highest BCUT2D eigenvalue weighted by atomic mass is 16.1. The standard InChI is InChI=1S/C11H16N4O/c1-8-4-2-3-5-15(8)10-7-13-6-9(14-10)11(12)16/h6-8H,2-5H2,1H3,(H2,12,16). The van der Waals surface area contributed by atoms with Gasteiger partial charge in [-0.2, -0.15) is 0 Å². The van der Waals surface area contributed by atoms with E-state index in [1.165, 1.54) is 12.6 Å². The quantitative estimate of drug-likeness (QED) is 0.805. The number of piperidine rings is 1. The molecule has 0 saturated carbocycles. The second-order valence-electron chi connectivity index (χ2n) is 4.16. The molecule has 0 aliphatic carbocycles. The van der Waals surface area contributed by atoms with Crippen molar-refractivity contribution in [3.8, 4) is 0 Å². The van der Waals surface area contributed by atoms with Crippen molar-refractivity contribution in [1.29, 1.82) is 0 Å². The van der Waals surface area contributed by atoms with Crippen LogP contribution in [0.4, 0.5) is 5.82 Å². The fourth-order valence-corrected chi connectivity index (χ4v) is 2.05. The van der Waals surface area contributed by atoms with Crippen molar-refractivity contribution in [2.45, 2.75) is 32.2 Å². The fraction of sp³-hybridized carbons (Fsp3) is 0.545. The lowest BCUT2D eigenvalue weighted by atomic mass is 10.0. The van der Waals surface area contributed by atoms with Crippen molar-refractivity contribution in [3.63, 3.8) is 0 Å². The summed E-state index contributed by atoms with van der Waals surface area (Å²) in [5.74, 6) is 0.225. The number of nitrogens with two attached hydrogens (primary N) is 1. The van der Waals surface area contributed by atoms with Gasteiger partial charge in [0, 0.05) is 12.6 Å². The van der Waals surface area contributed by atoms with Crippen LogP contribution in [0.3, 0.4) is 0 Å². The van der Waals surface area contributed by atoms with E-state index in [0.717, 1.165) is 25.2 Å². The molecule has 1 aliphatic rings. The Morgan fingerprint density at radius 1 is 1.50 bits per heavy atom. The van der Waals surface area contributed by atoms with Crippen molar-refractivity contribution in [3.05, 3.63) is 18.1 Å². The predicted molar refractivity (Wildman–Crippen MR) is 61.2 cm³/mol. The summed E-state index contributed by atoms with van der Waals surface area (Å²) >= 11 is 0. The molecular weight excluding hydrogens is 204 g/mol. The van der Waals surface area contributed by atoms with Crippen molar-refractivity contribution in [1.82, 2.24) is 9.97 Å². The van der Waals surface area contributed by atoms with Gasteiger partial charge in [-0.1, -0.05) is 0 Å². The third-order valence-electron chi connectivity index (χ3n) is 2.97. The predicted octanol–water partition coefficient (Wildman–Crippen LogP) is 0.954. The first kappa shape index (κ1) is 10.9. The summed E-state index contributed by atoms with van der Waals surface area (Å²) in [4.78, 5) is 21.4. The van der Waals surface area contributed by atoms with Gasteiger partial charge in [0.05, 0.1) is 12.4 Å². The largest absolute Gasteiger partial charge is 0.364 e. The van der Waals surface area contributed by atoms with Crippen molar-refractivity contribution < 1.29 is 4.79 Å². The van der Waals surface area contributed by atoms with Gasteiger partial charge < -0.3 is 10.6 Å². The summed E-state index contributed by atoms with van der Waals surface area (Å²) in [6.07, 6.45) is 6.66. The first-order chi connectivity index (χ1) is 7.68. The number of aromatic nitrogens is 2. The van der Waals surface area contributed by atoms with Gasteiger partial charge in [0.25, 0.3) is 5.91 Å². The van der Waals surface area contributed by atoms with Crippen LogP contribution in [0.25, 0.3) is 0 Å². The van der Waals surface area contributed by atoms with E-state index in [4.69, 9.17) is 5.73 Å². The molecule has 1 amide bonds. The smallest absolute Gasteiger partial charge is 0.268 e. The SMILES string of the molecule is CC1CCCCN1c1cncc(C(N)=O)n1. The highest BCUT2D eigenvalue weighted by Gasteiger charge is 2.20. The molecule has 1 saturated heterocycles. The van der Waals surface area contributed by atoms with Gasteiger partial charge in [0.2, 0.25) is 0 Å². The van der Waals surface area contributed by atoms with E-state index in [1.54, 1.807) is 6.20 Å². The summed E-state index contributed by atoms with van der Waals surface area (Å²) in [6, 6.07) is 0.450. The minimum Gasteiger partial charge on any atom is -0.364 e. The monoisotopic (exact) mass is 220 g/mol. The second kappa shape index (κ2) is 4.47. The molecule has 1 aromatic heterocycles. The number of rotatable bonds is 2. The molecule has 2 rings (SSSR count). The van der Waals surface area contributed by atoms with Crippen LogP contribution >= 0.6 is 0 Å². The molecule has 0 aromatic carbocycles. The lowest BCUT2D eigenvalue weighted by Crippen LogP contribution is -2.38. The molecule has 1 unspecified atom stereocenters. The molecule has 2 heterocycles. The summed E-state index contributed by atoms with van der Waals surface area (Å²) in [5, 5.41) is 0. The first-order valence-corrected chi connectivity index (χ1v) is 5.57. The lowest BCUT2D eigenvalue weighted by Gasteiger charge is -2.34. The van der Waals surface area contributed by atoms with Crippen LogP contribution in [-0.4, -0.2) is 28.5 Å². The van der Waals surface area contributed by atoms with E-state index in [1.807, 2.05) is 0 Å². The van der Waals surface area contributed by atoms with Gasteiger partial charge in [-0.15, -0.1) is 0 Å². The molecule has 0 spiro atoms. The number of carbonyl (C=O) groups excluding carboxylic acids is 1.